The fourth-order valence-corrected chi connectivity index (χ4v) is 5.54. The summed E-state index contributed by atoms with van der Waals surface area (Å²) in [5.74, 6) is 0.962. The molecular formula is C19H37N. The van der Waals surface area contributed by atoms with Gasteiger partial charge in [-0.15, -0.1) is 0 Å². The maximum atomic E-state index is 5.80. The van der Waals surface area contributed by atoms with E-state index < -0.39 is 0 Å². The normalized spacial score (nSPS) is 38.9. The van der Waals surface area contributed by atoms with Gasteiger partial charge in [0, 0.05) is 0 Å². The molecule has 2 saturated carbocycles. The monoisotopic (exact) mass is 279 g/mol. The van der Waals surface area contributed by atoms with Crippen LogP contribution in [0.5, 0.6) is 0 Å². The summed E-state index contributed by atoms with van der Waals surface area (Å²) in [4.78, 5) is 0. The zero-order chi connectivity index (χ0) is 14.9. The van der Waals surface area contributed by atoms with Crippen LogP contribution in [0.4, 0.5) is 0 Å². The van der Waals surface area contributed by atoms with E-state index in [9.17, 15) is 0 Å². The maximum Gasteiger partial charge on any atom is -0.00771 e. The Morgan fingerprint density at radius 1 is 0.900 bits per heavy atom. The molecule has 1 nitrogen and oxygen atoms in total. The van der Waals surface area contributed by atoms with Crippen LogP contribution in [0.25, 0.3) is 0 Å². The van der Waals surface area contributed by atoms with Crippen molar-refractivity contribution in [3.05, 3.63) is 0 Å². The first kappa shape index (κ1) is 16.3. The van der Waals surface area contributed by atoms with Crippen molar-refractivity contribution < 1.29 is 0 Å². The van der Waals surface area contributed by atoms with Gasteiger partial charge in [0.1, 0.15) is 0 Å². The highest BCUT2D eigenvalue weighted by atomic mass is 14.6. The zero-order valence-corrected chi connectivity index (χ0v) is 14.4. The molecule has 2 aliphatic carbocycles. The topological polar surface area (TPSA) is 26.0 Å². The first-order chi connectivity index (χ1) is 9.37. The van der Waals surface area contributed by atoms with Gasteiger partial charge >= 0.3 is 0 Å². The molecule has 0 bridgehead atoms. The molecule has 20 heavy (non-hydrogen) atoms. The smallest absolute Gasteiger partial charge is 0.00771 e. The molecule has 0 aliphatic heterocycles. The van der Waals surface area contributed by atoms with Gasteiger partial charge in [0.2, 0.25) is 0 Å². The molecular weight excluding hydrogens is 242 g/mol. The van der Waals surface area contributed by atoms with Crippen LogP contribution in [-0.4, -0.2) is 6.54 Å². The second kappa shape index (κ2) is 5.99. The summed E-state index contributed by atoms with van der Waals surface area (Å²) in [5.41, 5.74) is 7.26. The Morgan fingerprint density at radius 3 is 2.15 bits per heavy atom. The molecule has 0 amide bonds. The van der Waals surface area contributed by atoms with Gasteiger partial charge in [-0.25, -0.2) is 0 Å². The lowest BCUT2D eigenvalue weighted by Gasteiger charge is -2.62. The maximum absolute atomic E-state index is 5.80. The minimum absolute atomic E-state index is 0.440. The molecule has 0 saturated heterocycles. The van der Waals surface area contributed by atoms with Crippen LogP contribution in [0, 0.1) is 22.2 Å². The number of hydrogen-bond acceptors (Lipinski definition) is 1. The molecule has 2 N–H and O–H groups in total. The van der Waals surface area contributed by atoms with Crippen molar-refractivity contribution in [3.8, 4) is 0 Å². The summed E-state index contributed by atoms with van der Waals surface area (Å²) >= 11 is 0. The van der Waals surface area contributed by atoms with Crippen molar-refractivity contribution in [2.75, 3.05) is 6.54 Å². The van der Waals surface area contributed by atoms with Gasteiger partial charge in [-0.1, -0.05) is 53.4 Å². The molecule has 0 aromatic heterocycles. The van der Waals surface area contributed by atoms with Crippen molar-refractivity contribution in [3.63, 3.8) is 0 Å². The Morgan fingerprint density at radius 2 is 1.55 bits per heavy atom. The molecule has 0 aromatic rings. The van der Waals surface area contributed by atoms with E-state index in [4.69, 9.17) is 5.73 Å². The van der Waals surface area contributed by atoms with Crippen molar-refractivity contribution in [2.45, 2.75) is 91.9 Å². The molecule has 0 aromatic carbocycles. The molecule has 1 heteroatoms. The third-order valence-electron chi connectivity index (χ3n) is 7.80. The average molecular weight is 280 g/mol. The van der Waals surface area contributed by atoms with Crippen LogP contribution in [0.1, 0.15) is 91.9 Å². The Balaban J connectivity index is 2.23. The molecule has 2 rings (SSSR count). The molecule has 0 radical (unpaired) electrons. The van der Waals surface area contributed by atoms with Gasteiger partial charge in [-0.2, -0.15) is 0 Å². The van der Waals surface area contributed by atoms with E-state index in [1.807, 2.05) is 0 Å². The minimum atomic E-state index is 0.440. The van der Waals surface area contributed by atoms with Crippen molar-refractivity contribution >= 4 is 0 Å². The van der Waals surface area contributed by atoms with E-state index in [1.165, 1.54) is 64.2 Å². The molecule has 0 heterocycles. The van der Waals surface area contributed by atoms with Gasteiger partial charge in [-0.05, 0) is 67.2 Å². The van der Waals surface area contributed by atoms with Crippen molar-refractivity contribution in [1.82, 2.24) is 0 Å². The predicted octanol–water partition coefficient (Wildman–Crippen LogP) is 5.53. The summed E-state index contributed by atoms with van der Waals surface area (Å²) in [5, 5.41) is 0. The molecule has 0 spiro atoms. The first-order valence-corrected chi connectivity index (χ1v) is 9.07. The van der Waals surface area contributed by atoms with E-state index in [-0.39, 0.29) is 0 Å². The zero-order valence-electron chi connectivity index (χ0n) is 14.4. The summed E-state index contributed by atoms with van der Waals surface area (Å²) in [7, 11) is 0. The minimum Gasteiger partial charge on any atom is -0.330 e. The third-order valence-corrected chi connectivity index (χ3v) is 7.80. The molecule has 2 unspecified atom stereocenters. The van der Waals surface area contributed by atoms with Crippen LogP contribution in [0.2, 0.25) is 0 Å². The van der Waals surface area contributed by atoms with Gasteiger partial charge in [0.05, 0.1) is 0 Å². The third kappa shape index (κ3) is 2.56. The number of hydrogen-bond donors (Lipinski definition) is 1. The van der Waals surface area contributed by atoms with Crippen LogP contribution < -0.4 is 5.73 Å². The Labute approximate surface area is 127 Å². The summed E-state index contributed by atoms with van der Waals surface area (Å²) in [6.45, 7) is 11.2. The molecule has 118 valence electrons. The fourth-order valence-electron chi connectivity index (χ4n) is 5.54. The Hall–Kier alpha value is -0.0400. The quantitative estimate of drug-likeness (QED) is 0.719. The summed E-state index contributed by atoms with van der Waals surface area (Å²) in [6, 6.07) is 0. The lowest BCUT2D eigenvalue weighted by Crippen LogP contribution is -2.54. The number of nitrogens with two attached hydrogens (primary N) is 1. The standard InChI is InChI=1S/C19H37N/c1-17(2)18(3,13-9-15-20)12-8-14-19(17,4)16-10-6-5-7-11-16/h16H,5-15,20H2,1-4H3. The highest BCUT2D eigenvalue weighted by Crippen LogP contribution is 2.65. The number of rotatable bonds is 4. The van der Waals surface area contributed by atoms with Crippen LogP contribution in [-0.2, 0) is 0 Å². The largest absolute Gasteiger partial charge is 0.330 e. The second-order valence-corrected chi connectivity index (χ2v) is 8.68. The average Bonchev–Trinajstić information content (AvgIpc) is 2.44. The van der Waals surface area contributed by atoms with Gasteiger partial charge in [0.25, 0.3) is 0 Å². The highest BCUT2D eigenvalue weighted by molar-refractivity contribution is 5.06. The predicted molar refractivity (Wildman–Crippen MR) is 88.7 cm³/mol. The summed E-state index contributed by atoms with van der Waals surface area (Å²) in [6.07, 6.45) is 14.2. The lowest BCUT2D eigenvalue weighted by molar-refractivity contribution is -0.130. The van der Waals surface area contributed by atoms with Crippen LogP contribution >= 0.6 is 0 Å². The first-order valence-electron chi connectivity index (χ1n) is 9.07. The fraction of sp³-hybridized carbons (Fsp3) is 1.00. The summed E-state index contributed by atoms with van der Waals surface area (Å²) < 4.78 is 0. The highest BCUT2D eigenvalue weighted by Gasteiger charge is 2.56. The SMILES string of the molecule is CC1(CCCN)CCCC(C)(C2CCCCC2)C1(C)C. The van der Waals surface area contributed by atoms with Gasteiger partial charge in [-0.3, -0.25) is 0 Å². The van der Waals surface area contributed by atoms with Gasteiger partial charge < -0.3 is 5.73 Å². The van der Waals surface area contributed by atoms with E-state index in [0.29, 0.717) is 16.2 Å². The van der Waals surface area contributed by atoms with E-state index in [1.54, 1.807) is 0 Å². The molecule has 2 atom stereocenters. The Bertz CT molecular complexity index is 316. The molecule has 2 aliphatic rings. The lowest BCUT2D eigenvalue weighted by atomic mass is 9.42. The van der Waals surface area contributed by atoms with Crippen molar-refractivity contribution in [2.24, 2.45) is 27.9 Å². The van der Waals surface area contributed by atoms with E-state index in [0.717, 1.165) is 12.5 Å². The van der Waals surface area contributed by atoms with Crippen LogP contribution in [0.15, 0.2) is 0 Å². The van der Waals surface area contributed by atoms with Crippen molar-refractivity contribution in [1.29, 1.82) is 0 Å². The van der Waals surface area contributed by atoms with E-state index in [2.05, 4.69) is 27.7 Å². The van der Waals surface area contributed by atoms with Crippen LogP contribution in [0.3, 0.4) is 0 Å². The Kier molecular flexibility index (Phi) is 4.89. The second-order valence-electron chi connectivity index (χ2n) is 8.68. The van der Waals surface area contributed by atoms with Gasteiger partial charge in [0.15, 0.2) is 0 Å². The van der Waals surface area contributed by atoms with E-state index >= 15 is 0 Å². The molecule has 2 fully saturated rings.